The third-order valence-electron chi connectivity index (χ3n) is 2.53. The van der Waals surface area contributed by atoms with Crippen LogP contribution in [0.25, 0.3) is 0 Å². The Labute approximate surface area is 114 Å². The van der Waals surface area contributed by atoms with Crippen molar-refractivity contribution in [3.8, 4) is 0 Å². The highest BCUT2D eigenvalue weighted by Gasteiger charge is 2.34. The van der Waals surface area contributed by atoms with E-state index in [9.17, 15) is 13.2 Å². The number of carbonyl (C=O) groups is 1. The second kappa shape index (κ2) is 6.52. The number of carbonyl (C=O) groups excluding carboxylic acids is 1. The zero-order chi connectivity index (χ0) is 14.5. The molecule has 0 aliphatic carbocycles. The van der Waals surface area contributed by atoms with Gasteiger partial charge in [0.05, 0.1) is 11.5 Å². The maximum Gasteiger partial charge on any atom is 0.325 e. The summed E-state index contributed by atoms with van der Waals surface area (Å²) in [6, 6.07) is 7.91. The summed E-state index contributed by atoms with van der Waals surface area (Å²) in [7, 11) is -3.75. The van der Waals surface area contributed by atoms with Crippen LogP contribution in [0.5, 0.6) is 0 Å². The summed E-state index contributed by atoms with van der Waals surface area (Å²) in [5.41, 5.74) is 0.623. The van der Waals surface area contributed by atoms with E-state index in [1.165, 1.54) is 12.1 Å². The first kappa shape index (κ1) is 15.4. The number of benzene rings is 1. The minimum absolute atomic E-state index is 0.0655. The van der Waals surface area contributed by atoms with Gasteiger partial charge >= 0.3 is 5.97 Å². The Balaban J connectivity index is 3.16. The molecule has 0 bridgehead atoms. The number of hydrogen-bond donors (Lipinski definition) is 0. The Bertz CT molecular complexity index is 546. The van der Waals surface area contributed by atoms with Crippen molar-refractivity contribution >= 4 is 15.8 Å². The molecular formula is C14H18O4S. The smallest absolute Gasteiger partial charge is 0.325 e. The van der Waals surface area contributed by atoms with Gasteiger partial charge in [0.1, 0.15) is 0 Å². The van der Waals surface area contributed by atoms with Gasteiger partial charge in [0, 0.05) is 0 Å². The molecule has 1 unspecified atom stereocenters. The molecule has 0 spiro atoms. The number of ether oxygens (including phenoxy) is 1. The van der Waals surface area contributed by atoms with Crippen LogP contribution in [0.3, 0.4) is 0 Å². The van der Waals surface area contributed by atoms with Crippen LogP contribution in [0, 0.1) is 0 Å². The van der Waals surface area contributed by atoms with Crippen molar-refractivity contribution in [2.45, 2.75) is 30.4 Å². The molecule has 1 atom stereocenters. The predicted molar refractivity (Wildman–Crippen MR) is 73.5 cm³/mol. The van der Waals surface area contributed by atoms with Crippen LogP contribution < -0.4 is 0 Å². The molecule has 0 amide bonds. The van der Waals surface area contributed by atoms with Crippen LogP contribution in [0.15, 0.2) is 47.4 Å². The molecule has 0 saturated heterocycles. The first-order valence-electron chi connectivity index (χ1n) is 5.99. The largest absolute Gasteiger partial charge is 0.465 e. The molecule has 1 aromatic rings. The number of sulfone groups is 1. The molecule has 0 heterocycles. The highest BCUT2D eigenvalue weighted by molar-refractivity contribution is 7.92. The molecule has 0 saturated carbocycles. The van der Waals surface area contributed by atoms with Gasteiger partial charge in [0.25, 0.3) is 0 Å². The second-order valence-electron chi connectivity index (χ2n) is 4.26. The van der Waals surface area contributed by atoms with Crippen molar-refractivity contribution < 1.29 is 17.9 Å². The van der Waals surface area contributed by atoms with E-state index in [4.69, 9.17) is 4.74 Å². The molecule has 0 aliphatic heterocycles. The van der Waals surface area contributed by atoms with Crippen molar-refractivity contribution in [3.05, 3.63) is 42.5 Å². The maximum atomic E-state index is 12.4. The van der Waals surface area contributed by atoms with Gasteiger partial charge in [0.15, 0.2) is 15.1 Å². The summed E-state index contributed by atoms with van der Waals surface area (Å²) < 4.78 is 29.7. The Morgan fingerprint density at radius 3 is 2.37 bits per heavy atom. The molecule has 1 rings (SSSR count). The molecule has 0 fully saturated rings. The van der Waals surface area contributed by atoms with Crippen LogP contribution >= 0.6 is 0 Å². The van der Waals surface area contributed by atoms with Gasteiger partial charge in [-0.25, -0.2) is 8.42 Å². The van der Waals surface area contributed by atoms with Crippen molar-refractivity contribution in [3.63, 3.8) is 0 Å². The molecule has 19 heavy (non-hydrogen) atoms. The summed E-state index contributed by atoms with van der Waals surface area (Å²) in [6.07, 6.45) is 0.0655. The number of rotatable bonds is 6. The molecule has 0 N–H and O–H groups in total. The third kappa shape index (κ3) is 3.92. The Morgan fingerprint density at radius 2 is 1.89 bits per heavy atom. The van der Waals surface area contributed by atoms with E-state index in [2.05, 4.69) is 6.58 Å². The number of allylic oxidation sites excluding steroid dienone is 1. The topological polar surface area (TPSA) is 60.4 Å². The molecule has 1 aromatic carbocycles. The van der Waals surface area contributed by atoms with Gasteiger partial charge in [-0.3, -0.25) is 4.79 Å². The van der Waals surface area contributed by atoms with E-state index in [1.807, 2.05) is 0 Å². The SMILES string of the molecule is C=C(C)CC(C(=O)OCC)S(=O)(=O)c1ccccc1. The monoisotopic (exact) mass is 282 g/mol. The van der Waals surface area contributed by atoms with E-state index < -0.39 is 21.1 Å². The average molecular weight is 282 g/mol. The van der Waals surface area contributed by atoms with Crippen LogP contribution in [-0.2, 0) is 19.4 Å². The van der Waals surface area contributed by atoms with Crippen LogP contribution in [0.1, 0.15) is 20.3 Å². The van der Waals surface area contributed by atoms with E-state index in [1.54, 1.807) is 32.0 Å². The van der Waals surface area contributed by atoms with Crippen LogP contribution in [0.4, 0.5) is 0 Å². The number of hydrogen-bond acceptors (Lipinski definition) is 4. The lowest BCUT2D eigenvalue weighted by Gasteiger charge is -2.16. The fourth-order valence-electron chi connectivity index (χ4n) is 1.65. The number of esters is 1. The molecule has 0 aromatic heterocycles. The van der Waals surface area contributed by atoms with E-state index in [-0.39, 0.29) is 17.9 Å². The first-order chi connectivity index (χ1) is 8.89. The summed E-state index contributed by atoms with van der Waals surface area (Å²) in [4.78, 5) is 12.0. The zero-order valence-corrected chi connectivity index (χ0v) is 11.9. The van der Waals surface area contributed by atoms with Gasteiger partial charge in [0.2, 0.25) is 0 Å². The molecule has 104 valence electrons. The predicted octanol–water partition coefficient (Wildman–Crippen LogP) is 2.36. The standard InChI is InChI=1S/C14H18O4S/c1-4-18-14(15)13(10-11(2)3)19(16,17)12-8-6-5-7-9-12/h5-9,13H,2,4,10H2,1,3H3. The molecule has 4 nitrogen and oxygen atoms in total. The van der Waals surface area contributed by atoms with Crippen LogP contribution in [-0.4, -0.2) is 26.2 Å². The second-order valence-corrected chi connectivity index (χ2v) is 6.39. The van der Waals surface area contributed by atoms with Gasteiger partial charge < -0.3 is 4.74 Å². The highest BCUT2D eigenvalue weighted by atomic mass is 32.2. The van der Waals surface area contributed by atoms with Crippen LogP contribution in [0.2, 0.25) is 0 Å². The van der Waals surface area contributed by atoms with E-state index >= 15 is 0 Å². The van der Waals surface area contributed by atoms with Gasteiger partial charge in [-0.1, -0.05) is 23.8 Å². The minimum Gasteiger partial charge on any atom is -0.465 e. The van der Waals surface area contributed by atoms with Gasteiger partial charge in [-0.2, -0.15) is 0 Å². The minimum atomic E-state index is -3.75. The highest BCUT2D eigenvalue weighted by Crippen LogP contribution is 2.21. The van der Waals surface area contributed by atoms with Gasteiger partial charge in [-0.15, -0.1) is 6.58 Å². The van der Waals surface area contributed by atoms with Crippen molar-refractivity contribution in [2.24, 2.45) is 0 Å². The lowest BCUT2D eigenvalue weighted by molar-refractivity contribution is -0.142. The lowest BCUT2D eigenvalue weighted by Crippen LogP contribution is -2.32. The third-order valence-corrected chi connectivity index (χ3v) is 4.57. The normalized spacial score (nSPS) is 12.7. The maximum absolute atomic E-state index is 12.4. The Morgan fingerprint density at radius 1 is 1.32 bits per heavy atom. The summed E-state index contributed by atoms with van der Waals surface area (Å²) in [5.74, 6) is -0.727. The van der Waals surface area contributed by atoms with E-state index in [0.29, 0.717) is 5.57 Å². The fraction of sp³-hybridized carbons (Fsp3) is 0.357. The fourth-order valence-corrected chi connectivity index (χ4v) is 3.34. The average Bonchev–Trinajstić information content (AvgIpc) is 2.37. The Kier molecular flexibility index (Phi) is 5.30. The summed E-state index contributed by atoms with van der Waals surface area (Å²) in [6.45, 7) is 7.15. The summed E-state index contributed by atoms with van der Waals surface area (Å²) >= 11 is 0. The quantitative estimate of drug-likeness (QED) is 0.593. The van der Waals surface area contributed by atoms with Gasteiger partial charge in [-0.05, 0) is 32.4 Å². The first-order valence-corrected chi connectivity index (χ1v) is 7.54. The Hall–Kier alpha value is -1.62. The molecule has 0 radical (unpaired) electrons. The van der Waals surface area contributed by atoms with Crippen molar-refractivity contribution in [2.75, 3.05) is 6.61 Å². The van der Waals surface area contributed by atoms with E-state index in [0.717, 1.165) is 0 Å². The zero-order valence-electron chi connectivity index (χ0n) is 11.1. The lowest BCUT2D eigenvalue weighted by atomic mass is 10.2. The van der Waals surface area contributed by atoms with Crippen molar-refractivity contribution in [1.29, 1.82) is 0 Å². The summed E-state index contributed by atoms with van der Waals surface area (Å²) in [5, 5.41) is -1.23. The molecule has 5 heteroatoms. The molecule has 0 aliphatic rings. The molecular weight excluding hydrogens is 264 g/mol. The van der Waals surface area contributed by atoms with Crippen molar-refractivity contribution in [1.82, 2.24) is 0 Å².